The van der Waals surface area contributed by atoms with Crippen LogP contribution in [0.5, 0.6) is 0 Å². The van der Waals surface area contributed by atoms with Crippen LogP contribution in [-0.4, -0.2) is 19.5 Å². The molecule has 2 N–H and O–H groups in total. The van der Waals surface area contributed by atoms with Crippen LogP contribution in [0.4, 0.5) is 14.5 Å². The molecule has 0 saturated carbocycles. The first-order valence-corrected chi connectivity index (χ1v) is 7.83. The van der Waals surface area contributed by atoms with E-state index in [2.05, 4.69) is 0 Å². The monoisotopic (exact) mass is 333 g/mol. The van der Waals surface area contributed by atoms with E-state index < -0.39 is 33.3 Å². The van der Waals surface area contributed by atoms with Crippen molar-refractivity contribution in [3.05, 3.63) is 46.3 Å². The Morgan fingerprint density at radius 3 is 2.57 bits per heavy atom. The van der Waals surface area contributed by atoms with Crippen LogP contribution >= 0.6 is 11.3 Å². The van der Waals surface area contributed by atoms with Gasteiger partial charge in [-0.3, -0.25) is 4.72 Å². The van der Waals surface area contributed by atoms with Crippen molar-refractivity contribution in [2.24, 2.45) is 0 Å². The molecule has 0 radical (unpaired) electrons. The molecule has 0 spiro atoms. The first kappa shape index (κ1) is 15.4. The number of benzene rings is 1. The minimum absolute atomic E-state index is 0.130. The highest BCUT2D eigenvalue weighted by atomic mass is 32.2. The maximum Gasteiger partial charge on any atom is 0.346 e. The second-order valence-corrected chi connectivity index (χ2v) is 7.05. The minimum atomic E-state index is -4.19. The standard InChI is InChI=1S/C12H9F2NO4S2/c1-6-5-9(20-11(6)12(16)17)21(18,19)15-8-4-2-3-7(13)10(8)14/h2-5,15H,1H3,(H,16,17). The van der Waals surface area contributed by atoms with Gasteiger partial charge in [0.25, 0.3) is 10.0 Å². The highest BCUT2D eigenvalue weighted by Gasteiger charge is 2.23. The van der Waals surface area contributed by atoms with Crippen LogP contribution in [0.25, 0.3) is 0 Å². The fourth-order valence-electron chi connectivity index (χ4n) is 1.58. The third-order valence-corrected chi connectivity index (χ3v) is 5.61. The summed E-state index contributed by atoms with van der Waals surface area (Å²) in [4.78, 5) is 10.8. The van der Waals surface area contributed by atoms with Crippen molar-refractivity contribution in [3.8, 4) is 0 Å². The average Bonchev–Trinajstić information content (AvgIpc) is 2.78. The number of sulfonamides is 1. The summed E-state index contributed by atoms with van der Waals surface area (Å²) in [7, 11) is -4.19. The molecule has 2 rings (SSSR count). The van der Waals surface area contributed by atoms with Crippen molar-refractivity contribution in [3.63, 3.8) is 0 Å². The first-order valence-electron chi connectivity index (χ1n) is 5.53. The Labute approximate surface area is 122 Å². The Morgan fingerprint density at radius 2 is 2.00 bits per heavy atom. The van der Waals surface area contributed by atoms with Gasteiger partial charge in [0, 0.05) is 0 Å². The molecule has 0 saturated heterocycles. The first-order chi connectivity index (χ1) is 9.72. The zero-order chi connectivity index (χ0) is 15.8. The molecule has 1 aromatic carbocycles. The van der Waals surface area contributed by atoms with E-state index >= 15 is 0 Å². The van der Waals surface area contributed by atoms with E-state index in [1.807, 2.05) is 4.72 Å². The lowest BCUT2D eigenvalue weighted by atomic mass is 10.3. The van der Waals surface area contributed by atoms with Crippen molar-refractivity contribution < 1.29 is 27.1 Å². The van der Waals surface area contributed by atoms with Crippen molar-refractivity contribution >= 4 is 33.0 Å². The summed E-state index contributed by atoms with van der Waals surface area (Å²) in [5, 5.41) is 8.90. The number of thiophene rings is 1. The molecule has 1 aromatic heterocycles. The van der Waals surface area contributed by atoms with E-state index in [0.717, 1.165) is 24.3 Å². The third-order valence-electron chi connectivity index (χ3n) is 2.55. The van der Waals surface area contributed by atoms with E-state index in [9.17, 15) is 22.0 Å². The number of rotatable bonds is 4. The number of halogens is 2. The number of carboxylic acids is 1. The Bertz CT molecular complexity index is 815. The largest absolute Gasteiger partial charge is 0.477 e. The van der Waals surface area contributed by atoms with Crippen LogP contribution in [-0.2, 0) is 10.0 Å². The third kappa shape index (κ3) is 3.03. The SMILES string of the molecule is Cc1cc(S(=O)(=O)Nc2cccc(F)c2F)sc1C(=O)O. The molecule has 0 fully saturated rings. The number of nitrogens with one attached hydrogen (secondary N) is 1. The van der Waals surface area contributed by atoms with E-state index in [0.29, 0.717) is 11.3 Å². The lowest BCUT2D eigenvalue weighted by Gasteiger charge is -2.07. The van der Waals surface area contributed by atoms with Crippen molar-refractivity contribution in [1.82, 2.24) is 0 Å². The molecule has 21 heavy (non-hydrogen) atoms. The van der Waals surface area contributed by atoms with Gasteiger partial charge in [-0.05, 0) is 30.7 Å². The smallest absolute Gasteiger partial charge is 0.346 e. The Kier molecular flexibility index (Phi) is 3.97. The van der Waals surface area contributed by atoms with Crippen molar-refractivity contribution in [2.45, 2.75) is 11.1 Å². The van der Waals surface area contributed by atoms with E-state index in [4.69, 9.17) is 5.11 Å². The van der Waals surface area contributed by atoms with Crippen molar-refractivity contribution in [1.29, 1.82) is 0 Å². The Morgan fingerprint density at radius 1 is 1.33 bits per heavy atom. The molecule has 5 nitrogen and oxygen atoms in total. The summed E-state index contributed by atoms with van der Waals surface area (Å²) < 4.78 is 52.3. The highest BCUT2D eigenvalue weighted by molar-refractivity contribution is 7.94. The maximum absolute atomic E-state index is 13.5. The fourth-order valence-corrected chi connectivity index (χ4v) is 4.01. The van der Waals surface area contributed by atoms with E-state index in [1.165, 1.54) is 6.92 Å². The van der Waals surface area contributed by atoms with Gasteiger partial charge in [-0.15, -0.1) is 11.3 Å². The summed E-state index contributed by atoms with van der Waals surface area (Å²) >= 11 is 0.538. The molecule has 0 aliphatic rings. The van der Waals surface area contributed by atoms with Gasteiger partial charge in [0.1, 0.15) is 9.09 Å². The van der Waals surface area contributed by atoms with Gasteiger partial charge in [-0.2, -0.15) is 0 Å². The number of aryl methyl sites for hydroxylation is 1. The molecule has 0 amide bonds. The number of hydrogen-bond acceptors (Lipinski definition) is 4. The van der Waals surface area contributed by atoms with E-state index in [-0.39, 0.29) is 14.6 Å². The van der Waals surface area contributed by atoms with Gasteiger partial charge >= 0.3 is 5.97 Å². The number of anilines is 1. The highest BCUT2D eigenvalue weighted by Crippen LogP contribution is 2.28. The van der Waals surface area contributed by atoms with Gasteiger partial charge in [-0.25, -0.2) is 22.0 Å². The molecule has 112 valence electrons. The van der Waals surface area contributed by atoms with Gasteiger partial charge in [-0.1, -0.05) is 6.07 Å². The van der Waals surface area contributed by atoms with Gasteiger partial charge < -0.3 is 5.11 Å². The van der Waals surface area contributed by atoms with Crippen molar-refractivity contribution in [2.75, 3.05) is 4.72 Å². The van der Waals surface area contributed by atoms with Crippen LogP contribution in [0.2, 0.25) is 0 Å². The molecule has 9 heteroatoms. The summed E-state index contributed by atoms with van der Waals surface area (Å²) in [5.74, 6) is -3.77. The summed E-state index contributed by atoms with van der Waals surface area (Å²) in [6.07, 6.45) is 0. The number of carboxylic acid groups (broad SMARTS) is 1. The predicted molar refractivity (Wildman–Crippen MR) is 73.2 cm³/mol. The fraction of sp³-hybridized carbons (Fsp3) is 0.0833. The summed E-state index contributed by atoms with van der Waals surface area (Å²) in [6.45, 7) is 1.45. The maximum atomic E-state index is 13.5. The second kappa shape index (κ2) is 5.41. The van der Waals surface area contributed by atoms with Crippen LogP contribution in [0, 0.1) is 18.6 Å². The van der Waals surface area contributed by atoms with Crippen LogP contribution in [0.15, 0.2) is 28.5 Å². The Balaban J connectivity index is 2.41. The molecular weight excluding hydrogens is 324 g/mol. The lowest BCUT2D eigenvalue weighted by molar-refractivity contribution is 0.0701. The minimum Gasteiger partial charge on any atom is -0.477 e. The number of carbonyl (C=O) groups is 1. The lowest BCUT2D eigenvalue weighted by Crippen LogP contribution is -2.13. The van der Waals surface area contributed by atoms with Crippen LogP contribution < -0.4 is 4.72 Å². The molecule has 0 atom stereocenters. The molecule has 0 aliphatic heterocycles. The summed E-state index contributed by atoms with van der Waals surface area (Å²) in [5.41, 5.74) is -0.273. The number of aromatic carboxylic acids is 1. The molecule has 0 unspecified atom stereocenters. The van der Waals surface area contributed by atoms with Crippen LogP contribution in [0.3, 0.4) is 0 Å². The second-order valence-electron chi connectivity index (χ2n) is 4.09. The summed E-state index contributed by atoms with van der Waals surface area (Å²) in [6, 6.07) is 4.23. The quantitative estimate of drug-likeness (QED) is 0.901. The van der Waals surface area contributed by atoms with Gasteiger partial charge in [0.15, 0.2) is 11.6 Å². The molecule has 1 heterocycles. The molecular formula is C12H9F2NO4S2. The van der Waals surface area contributed by atoms with Gasteiger partial charge in [0.05, 0.1) is 5.69 Å². The molecule has 2 aromatic rings. The number of hydrogen-bond donors (Lipinski definition) is 2. The van der Waals surface area contributed by atoms with E-state index in [1.54, 1.807) is 0 Å². The normalized spacial score (nSPS) is 11.4. The van der Waals surface area contributed by atoms with Crippen LogP contribution in [0.1, 0.15) is 15.2 Å². The zero-order valence-corrected chi connectivity index (χ0v) is 12.2. The predicted octanol–water partition coefficient (Wildman–Crippen LogP) is 2.83. The van der Waals surface area contributed by atoms with Gasteiger partial charge in [0.2, 0.25) is 0 Å². The average molecular weight is 333 g/mol. The topological polar surface area (TPSA) is 83.5 Å². The Hall–Kier alpha value is -2.00. The molecule has 0 bridgehead atoms. The zero-order valence-electron chi connectivity index (χ0n) is 10.6. The molecule has 0 aliphatic carbocycles.